The molecule has 1 saturated heterocycles. The Morgan fingerprint density at radius 3 is 2.77 bits per heavy atom. The minimum absolute atomic E-state index is 0. The van der Waals surface area contributed by atoms with Crippen LogP contribution >= 0.6 is 24.0 Å². The number of rotatable bonds is 7. The fraction of sp³-hybridized carbons (Fsp3) is 0.579. The molecule has 0 aliphatic carbocycles. The molecule has 2 rings (SSSR count). The first-order valence-electron chi connectivity index (χ1n) is 9.23. The highest BCUT2D eigenvalue weighted by atomic mass is 127. The van der Waals surface area contributed by atoms with Crippen LogP contribution in [0.25, 0.3) is 0 Å². The topological polar surface area (TPSA) is 68.8 Å². The number of nitrogens with one attached hydrogen (secondary N) is 3. The fourth-order valence-corrected chi connectivity index (χ4v) is 3.25. The molecule has 1 aromatic rings. The summed E-state index contributed by atoms with van der Waals surface area (Å²) < 4.78 is 0. The van der Waals surface area contributed by atoms with Gasteiger partial charge in [-0.1, -0.05) is 19.1 Å². The van der Waals surface area contributed by atoms with Crippen LogP contribution in [0, 0.1) is 0 Å². The maximum absolute atomic E-state index is 11.9. The highest BCUT2D eigenvalue weighted by Gasteiger charge is 2.22. The minimum Gasteiger partial charge on any atom is -0.355 e. The molecule has 0 spiro atoms. The maximum Gasteiger partial charge on any atom is 0.251 e. The van der Waals surface area contributed by atoms with Gasteiger partial charge in [0.1, 0.15) is 0 Å². The van der Waals surface area contributed by atoms with Gasteiger partial charge in [-0.25, -0.2) is 0 Å². The minimum atomic E-state index is -0.0345. The molecule has 3 N–H and O–H groups in total. The van der Waals surface area contributed by atoms with Crippen LogP contribution in [0.5, 0.6) is 0 Å². The van der Waals surface area contributed by atoms with Crippen molar-refractivity contribution < 1.29 is 4.79 Å². The molecule has 7 heteroatoms. The van der Waals surface area contributed by atoms with E-state index in [9.17, 15) is 4.79 Å². The number of guanidine groups is 1. The number of likely N-dealkylation sites (N-methyl/N-ethyl adjacent to an activating group) is 1. The van der Waals surface area contributed by atoms with Gasteiger partial charge in [0, 0.05) is 38.3 Å². The van der Waals surface area contributed by atoms with Crippen molar-refractivity contribution in [3.63, 3.8) is 0 Å². The van der Waals surface area contributed by atoms with Crippen LogP contribution in [0.4, 0.5) is 0 Å². The van der Waals surface area contributed by atoms with Crippen LogP contribution < -0.4 is 16.0 Å². The van der Waals surface area contributed by atoms with Gasteiger partial charge in [0.2, 0.25) is 0 Å². The quantitative estimate of drug-likeness (QED) is 0.323. The molecule has 1 unspecified atom stereocenters. The van der Waals surface area contributed by atoms with E-state index in [1.54, 1.807) is 7.05 Å². The maximum atomic E-state index is 11.9. The molecule has 1 amide bonds. The van der Waals surface area contributed by atoms with Gasteiger partial charge in [0.05, 0.1) is 0 Å². The molecule has 0 aromatic heterocycles. The third kappa shape index (κ3) is 6.75. The average Bonchev–Trinajstić information content (AvgIpc) is 3.10. The normalized spacial score (nSPS) is 17.5. The lowest BCUT2D eigenvalue weighted by atomic mass is 10.1. The number of benzene rings is 1. The van der Waals surface area contributed by atoms with Gasteiger partial charge in [0.25, 0.3) is 5.91 Å². The highest BCUT2D eigenvalue weighted by Crippen LogP contribution is 2.15. The molecule has 26 heavy (non-hydrogen) atoms. The predicted octanol–water partition coefficient (Wildman–Crippen LogP) is 2.20. The van der Waals surface area contributed by atoms with E-state index in [1.807, 2.05) is 31.2 Å². The third-order valence-corrected chi connectivity index (χ3v) is 4.62. The SMILES string of the molecule is CCNC(=O)c1cccc(CNC(=NC)NCC2CCCN2CC)c1.I. The van der Waals surface area contributed by atoms with Gasteiger partial charge in [-0.05, 0) is 50.6 Å². The second-order valence-corrected chi connectivity index (χ2v) is 6.29. The Hall–Kier alpha value is -1.35. The molecule has 1 aliphatic rings. The Morgan fingerprint density at radius 2 is 2.08 bits per heavy atom. The van der Waals surface area contributed by atoms with Crippen molar-refractivity contribution in [1.82, 2.24) is 20.9 Å². The zero-order valence-electron chi connectivity index (χ0n) is 16.0. The lowest BCUT2D eigenvalue weighted by molar-refractivity contribution is 0.0955. The summed E-state index contributed by atoms with van der Waals surface area (Å²) in [4.78, 5) is 18.7. The lowest BCUT2D eigenvalue weighted by Crippen LogP contribution is -2.44. The van der Waals surface area contributed by atoms with Crippen LogP contribution in [-0.2, 0) is 6.54 Å². The monoisotopic (exact) mass is 473 g/mol. The van der Waals surface area contributed by atoms with Crippen molar-refractivity contribution >= 4 is 35.8 Å². The Kier molecular flexibility index (Phi) is 10.6. The zero-order valence-corrected chi connectivity index (χ0v) is 18.4. The van der Waals surface area contributed by atoms with Crippen LogP contribution in [0.1, 0.15) is 42.6 Å². The molecule has 146 valence electrons. The zero-order chi connectivity index (χ0) is 18.1. The van der Waals surface area contributed by atoms with Crippen molar-refractivity contribution in [2.45, 2.75) is 39.3 Å². The van der Waals surface area contributed by atoms with E-state index < -0.39 is 0 Å². The van der Waals surface area contributed by atoms with Crippen molar-refractivity contribution in [2.24, 2.45) is 4.99 Å². The summed E-state index contributed by atoms with van der Waals surface area (Å²) in [6, 6.07) is 8.26. The highest BCUT2D eigenvalue weighted by molar-refractivity contribution is 14.0. The number of amides is 1. The van der Waals surface area contributed by atoms with Gasteiger partial charge < -0.3 is 16.0 Å². The van der Waals surface area contributed by atoms with Crippen LogP contribution in [0.15, 0.2) is 29.3 Å². The van der Waals surface area contributed by atoms with E-state index in [1.165, 1.54) is 19.4 Å². The number of carbonyl (C=O) groups is 1. The lowest BCUT2D eigenvalue weighted by Gasteiger charge is -2.24. The van der Waals surface area contributed by atoms with E-state index in [2.05, 4.69) is 32.8 Å². The first kappa shape index (κ1) is 22.7. The smallest absolute Gasteiger partial charge is 0.251 e. The molecule has 0 bridgehead atoms. The largest absolute Gasteiger partial charge is 0.355 e. The summed E-state index contributed by atoms with van der Waals surface area (Å²) in [5.41, 5.74) is 1.75. The Balaban J connectivity index is 0.00000338. The molecule has 0 saturated carbocycles. The summed E-state index contributed by atoms with van der Waals surface area (Å²) in [5, 5.41) is 9.58. The van der Waals surface area contributed by atoms with Gasteiger partial charge in [-0.2, -0.15) is 0 Å². The summed E-state index contributed by atoms with van der Waals surface area (Å²) in [5.74, 6) is 0.763. The van der Waals surface area contributed by atoms with Gasteiger partial charge in [0.15, 0.2) is 5.96 Å². The first-order chi connectivity index (χ1) is 12.2. The van der Waals surface area contributed by atoms with Crippen molar-refractivity contribution in [2.75, 3.05) is 33.2 Å². The van der Waals surface area contributed by atoms with E-state index >= 15 is 0 Å². The number of likely N-dealkylation sites (tertiary alicyclic amines) is 1. The number of nitrogens with zero attached hydrogens (tertiary/aromatic N) is 2. The Bertz CT molecular complexity index is 593. The number of carbonyl (C=O) groups excluding carboxylic acids is 1. The Labute approximate surface area is 174 Å². The fourth-order valence-electron chi connectivity index (χ4n) is 3.25. The van der Waals surface area contributed by atoms with E-state index in [4.69, 9.17) is 0 Å². The van der Waals surface area contributed by atoms with Gasteiger partial charge in [-0.3, -0.25) is 14.7 Å². The second-order valence-electron chi connectivity index (χ2n) is 6.29. The Morgan fingerprint density at radius 1 is 1.27 bits per heavy atom. The molecule has 1 fully saturated rings. The number of aliphatic imine (C=N–C) groups is 1. The van der Waals surface area contributed by atoms with Crippen molar-refractivity contribution in [1.29, 1.82) is 0 Å². The molecule has 0 radical (unpaired) electrons. The molecular weight excluding hydrogens is 441 g/mol. The average molecular weight is 473 g/mol. The standard InChI is InChI=1S/C19H31N5O.HI/c1-4-21-18(25)16-9-6-8-15(12-16)13-22-19(20-3)23-14-17-10-7-11-24(17)5-2;/h6,8-9,12,17H,4-5,7,10-11,13-14H2,1-3H3,(H,21,25)(H2,20,22,23);1H. The molecular formula is C19H32IN5O. The number of hydrogen-bond acceptors (Lipinski definition) is 3. The molecule has 6 nitrogen and oxygen atoms in total. The number of halogens is 1. The molecule has 1 heterocycles. The molecule has 1 aromatic carbocycles. The third-order valence-electron chi connectivity index (χ3n) is 4.62. The molecule has 1 atom stereocenters. The van der Waals surface area contributed by atoms with E-state index in [0.717, 1.165) is 24.6 Å². The second kappa shape index (κ2) is 12.1. The van der Waals surface area contributed by atoms with Gasteiger partial charge in [-0.15, -0.1) is 24.0 Å². The first-order valence-corrected chi connectivity index (χ1v) is 9.23. The summed E-state index contributed by atoms with van der Waals surface area (Å²) in [7, 11) is 1.78. The van der Waals surface area contributed by atoms with Crippen LogP contribution in [0.2, 0.25) is 0 Å². The van der Waals surface area contributed by atoms with Gasteiger partial charge >= 0.3 is 0 Å². The summed E-state index contributed by atoms with van der Waals surface area (Å²) in [6.45, 7) is 8.61. The van der Waals surface area contributed by atoms with Crippen molar-refractivity contribution in [3.05, 3.63) is 35.4 Å². The van der Waals surface area contributed by atoms with E-state index in [-0.39, 0.29) is 29.9 Å². The summed E-state index contributed by atoms with van der Waals surface area (Å²) >= 11 is 0. The number of hydrogen-bond donors (Lipinski definition) is 3. The van der Waals surface area contributed by atoms with Crippen molar-refractivity contribution in [3.8, 4) is 0 Å². The molecule has 1 aliphatic heterocycles. The summed E-state index contributed by atoms with van der Waals surface area (Å²) in [6.07, 6.45) is 2.52. The van der Waals surface area contributed by atoms with Crippen LogP contribution in [-0.4, -0.2) is 56.0 Å². The predicted molar refractivity (Wildman–Crippen MR) is 118 cm³/mol. The van der Waals surface area contributed by atoms with Crippen LogP contribution in [0.3, 0.4) is 0 Å². The van der Waals surface area contributed by atoms with E-state index in [0.29, 0.717) is 24.7 Å².